The van der Waals surface area contributed by atoms with Crippen LogP contribution in [0.4, 0.5) is 0 Å². The summed E-state index contributed by atoms with van der Waals surface area (Å²) >= 11 is 0. The van der Waals surface area contributed by atoms with Crippen LogP contribution in [0.3, 0.4) is 0 Å². The van der Waals surface area contributed by atoms with E-state index in [9.17, 15) is 4.79 Å². The molecule has 5 rings (SSSR count). The van der Waals surface area contributed by atoms with Gasteiger partial charge in [0, 0.05) is 57.4 Å². The first-order valence-electron chi connectivity index (χ1n) is 14.2. The van der Waals surface area contributed by atoms with Crippen molar-refractivity contribution in [1.82, 2.24) is 24.6 Å². The third-order valence-corrected chi connectivity index (χ3v) is 8.22. The highest BCUT2D eigenvalue weighted by Gasteiger charge is 2.38. The molecule has 2 aliphatic rings. The largest absolute Gasteiger partial charge is 0.492 e. The third-order valence-electron chi connectivity index (χ3n) is 8.22. The molecule has 1 saturated heterocycles. The molecule has 7 heteroatoms. The quantitative estimate of drug-likeness (QED) is 0.466. The van der Waals surface area contributed by atoms with E-state index in [2.05, 4.69) is 59.2 Å². The number of carbonyl (C=O) groups excluding carboxylic acids is 1. The smallest absolute Gasteiger partial charge is 0.272 e. The summed E-state index contributed by atoms with van der Waals surface area (Å²) in [5.41, 5.74) is 3.42. The molecule has 1 aromatic carbocycles. The lowest BCUT2D eigenvalue weighted by Crippen LogP contribution is -2.48. The lowest BCUT2D eigenvalue weighted by molar-refractivity contribution is 0.0353. The van der Waals surface area contributed by atoms with Crippen LogP contribution in [0.25, 0.3) is 0 Å². The van der Waals surface area contributed by atoms with Gasteiger partial charge in [0.2, 0.25) is 0 Å². The molecule has 4 heterocycles. The maximum atomic E-state index is 13.4. The first kappa shape index (κ1) is 26.4. The molecular formula is C31H41N5O2. The number of pyridine rings is 1. The fraction of sp³-hybridized carbons (Fsp3) is 0.516. The summed E-state index contributed by atoms with van der Waals surface area (Å²) in [6.45, 7) is 9.12. The molecule has 1 spiro atoms. The molecule has 2 aromatic heterocycles. The molecule has 1 fully saturated rings. The van der Waals surface area contributed by atoms with Crippen molar-refractivity contribution < 1.29 is 9.53 Å². The van der Waals surface area contributed by atoms with Crippen molar-refractivity contribution in [1.29, 1.82) is 0 Å². The predicted octanol–water partition coefficient (Wildman–Crippen LogP) is 5.39. The van der Waals surface area contributed by atoms with Gasteiger partial charge in [-0.3, -0.25) is 19.4 Å². The van der Waals surface area contributed by atoms with E-state index in [1.807, 2.05) is 34.1 Å². The van der Waals surface area contributed by atoms with E-state index in [-0.39, 0.29) is 17.4 Å². The molecule has 0 bridgehead atoms. The number of para-hydroxylation sites is 1. The molecule has 0 unspecified atom stereocenters. The van der Waals surface area contributed by atoms with E-state index in [1.54, 1.807) is 6.20 Å². The van der Waals surface area contributed by atoms with E-state index in [1.165, 1.54) is 24.0 Å². The summed E-state index contributed by atoms with van der Waals surface area (Å²) in [4.78, 5) is 22.4. The van der Waals surface area contributed by atoms with Crippen molar-refractivity contribution in [3.63, 3.8) is 0 Å². The van der Waals surface area contributed by atoms with E-state index in [4.69, 9.17) is 4.74 Å². The number of likely N-dealkylation sites (tertiary alicyclic amines) is 1. The van der Waals surface area contributed by atoms with Crippen LogP contribution >= 0.6 is 0 Å². The first-order chi connectivity index (χ1) is 18.5. The SMILES string of the molecule is CC(C)n1nccc1C(=O)N1CCC2(CCCCc3ccccc3OCCN(Cc3cccnc3)C2)CC1. The Morgan fingerprint density at radius 1 is 1.00 bits per heavy atom. The molecule has 0 radical (unpaired) electrons. The number of fused-ring (bicyclic) bond motifs is 1. The lowest BCUT2D eigenvalue weighted by Gasteiger charge is -2.45. The number of nitrogens with zero attached hydrogens (tertiary/aromatic N) is 5. The number of ether oxygens (including phenoxy) is 1. The average molecular weight is 516 g/mol. The second kappa shape index (κ2) is 12.1. The summed E-state index contributed by atoms with van der Waals surface area (Å²) in [6.07, 6.45) is 12.2. The number of rotatable bonds is 4. The highest BCUT2D eigenvalue weighted by molar-refractivity contribution is 5.92. The van der Waals surface area contributed by atoms with E-state index < -0.39 is 0 Å². The number of aryl methyl sites for hydroxylation is 1. The van der Waals surface area contributed by atoms with Gasteiger partial charge in [0.1, 0.15) is 18.1 Å². The number of benzene rings is 1. The number of amides is 1. The van der Waals surface area contributed by atoms with Gasteiger partial charge < -0.3 is 9.64 Å². The summed E-state index contributed by atoms with van der Waals surface area (Å²) < 4.78 is 8.15. The topological polar surface area (TPSA) is 63.5 Å². The highest BCUT2D eigenvalue weighted by atomic mass is 16.5. The van der Waals surface area contributed by atoms with Crippen LogP contribution in [0.5, 0.6) is 5.75 Å². The summed E-state index contributed by atoms with van der Waals surface area (Å²) in [6, 6.07) is 14.7. The number of aromatic nitrogens is 3. The Hall–Kier alpha value is -3.19. The maximum Gasteiger partial charge on any atom is 0.272 e. The van der Waals surface area contributed by atoms with Crippen LogP contribution in [0, 0.1) is 5.41 Å². The monoisotopic (exact) mass is 515 g/mol. The number of hydrogen-bond donors (Lipinski definition) is 0. The third kappa shape index (κ3) is 6.26. The number of carbonyl (C=O) groups is 1. The highest BCUT2D eigenvalue weighted by Crippen LogP contribution is 2.39. The van der Waals surface area contributed by atoms with Crippen LogP contribution in [0.1, 0.15) is 73.6 Å². The van der Waals surface area contributed by atoms with Crippen molar-refractivity contribution in [2.24, 2.45) is 5.41 Å². The summed E-state index contributed by atoms with van der Waals surface area (Å²) in [5, 5.41) is 4.39. The van der Waals surface area contributed by atoms with Gasteiger partial charge >= 0.3 is 0 Å². The standard InChI is InChI=1S/C31H41N5O2/c1-25(2)36-28(12-17-33-36)30(37)35-18-14-31(15-19-35)13-6-5-10-27-9-3-4-11-29(27)38-21-20-34(24-31)23-26-8-7-16-32-22-26/h3-4,7-9,11-12,16-17,22,25H,5-6,10,13-15,18-21,23-24H2,1-2H3. The Morgan fingerprint density at radius 3 is 2.63 bits per heavy atom. The van der Waals surface area contributed by atoms with E-state index in [0.29, 0.717) is 12.3 Å². The molecule has 0 atom stereocenters. The number of piperidine rings is 1. The van der Waals surface area contributed by atoms with Gasteiger partial charge in [-0.25, -0.2) is 0 Å². The minimum absolute atomic E-state index is 0.108. The Labute approximate surface area is 226 Å². The second-order valence-electron chi connectivity index (χ2n) is 11.3. The zero-order valence-corrected chi connectivity index (χ0v) is 22.9. The fourth-order valence-electron chi connectivity index (χ4n) is 6.12. The number of hydrogen-bond acceptors (Lipinski definition) is 5. The predicted molar refractivity (Wildman–Crippen MR) is 149 cm³/mol. The molecule has 38 heavy (non-hydrogen) atoms. The molecule has 0 saturated carbocycles. The Kier molecular flexibility index (Phi) is 8.42. The van der Waals surface area contributed by atoms with Gasteiger partial charge in [0.25, 0.3) is 5.91 Å². The molecule has 202 valence electrons. The first-order valence-corrected chi connectivity index (χ1v) is 14.2. The van der Waals surface area contributed by atoms with Crippen molar-refractivity contribution in [2.45, 2.75) is 65.0 Å². The molecule has 7 nitrogen and oxygen atoms in total. The minimum Gasteiger partial charge on any atom is -0.492 e. The van der Waals surface area contributed by atoms with Crippen LogP contribution in [0.2, 0.25) is 0 Å². The summed E-state index contributed by atoms with van der Waals surface area (Å²) in [7, 11) is 0. The van der Waals surface area contributed by atoms with E-state index >= 15 is 0 Å². The Bertz CT molecular complexity index is 1180. The Morgan fingerprint density at radius 2 is 1.84 bits per heavy atom. The molecule has 2 aliphatic heterocycles. The minimum atomic E-state index is 0.108. The van der Waals surface area contributed by atoms with Gasteiger partial charge in [-0.2, -0.15) is 5.10 Å². The second-order valence-corrected chi connectivity index (χ2v) is 11.3. The van der Waals surface area contributed by atoms with Crippen molar-refractivity contribution in [2.75, 3.05) is 32.8 Å². The van der Waals surface area contributed by atoms with Crippen LogP contribution in [-0.4, -0.2) is 63.3 Å². The maximum absolute atomic E-state index is 13.4. The van der Waals surface area contributed by atoms with Gasteiger partial charge in [0.05, 0.1) is 0 Å². The molecule has 0 N–H and O–H groups in total. The fourth-order valence-corrected chi connectivity index (χ4v) is 6.12. The summed E-state index contributed by atoms with van der Waals surface area (Å²) in [5.74, 6) is 1.13. The zero-order valence-electron chi connectivity index (χ0n) is 22.9. The molecule has 0 aliphatic carbocycles. The zero-order chi connectivity index (χ0) is 26.4. The van der Waals surface area contributed by atoms with Crippen LogP contribution < -0.4 is 4.74 Å². The molecule has 3 aromatic rings. The molecule has 1 amide bonds. The van der Waals surface area contributed by atoms with Crippen molar-refractivity contribution in [3.05, 3.63) is 77.9 Å². The van der Waals surface area contributed by atoms with Gasteiger partial charge in [-0.1, -0.05) is 30.7 Å². The Balaban J connectivity index is 1.32. The van der Waals surface area contributed by atoms with E-state index in [0.717, 1.165) is 64.2 Å². The normalized spacial score (nSPS) is 18.9. The average Bonchev–Trinajstić information content (AvgIpc) is 3.42. The van der Waals surface area contributed by atoms with Crippen molar-refractivity contribution >= 4 is 5.91 Å². The lowest BCUT2D eigenvalue weighted by atomic mass is 9.73. The van der Waals surface area contributed by atoms with Gasteiger partial charge in [-0.15, -0.1) is 0 Å². The van der Waals surface area contributed by atoms with Crippen molar-refractivity contribution in [3.8, 4) is 5.75 Å². The van der Waals surface area contributed by atoms with Crippen LogP contribution in [-0.2, 0) is 13.0 Å². The van der Waals surface area contributed by atoms with Gasteiger partial charge in [-0.05, 0) is 80.7 Å². The van der Waals surface area contributed by atoms with Gasteiger partial charge in [0.15, 0.2) is 0 Å². The molecular weight excluding hydrogens is 474 g/mol. The van der Waals surface area contributed by atoms with Crippen LogP contribution in [0.15, 0.2) is 61.1 Å².